The second-order valence-corrected chi connectivity index (χ2v) is 9.04. The zero-order chi connectivity index (χ0) is 26.5. The van der Waals surface area contributed by atoms with Gasteiger partial charge < -0.3 is 5.73 Å². The third-order valence-corrected chi connectivity index (χ3v) is 6.38. The quantitative estimate of drug-likeness (QED) is 0.332. The molecule has 4 aromatic rings. The molecule has 37 heavy (non-hydrogen) atoms. The summed E-state index contributed by atoms with van der Waals surface area (Å²) in [6, 6.07) is 12.7. The van der Waals surface area contributed by atoms with Crippen molar-refractivity contribution >= 4 is 23.2 Å². The highest BCUT2D eigenvalue weighted by Gasteiger charge is 2.49. The molecule has 10 heteroatoms. The lowest BCUT2D eigenvalue weighted by Gasteiger charge is -2.24. The first kappa shape index (κ1) is 24.4. The van der Waals surface area contributed by atoms with Crippen LogP contribution in [0.4, 0.5) is 39.3 Å². The van der Waals surface area contributed by atoms with E-state index < -0.39 is 34.7 Å². The molecule has 188 valence electrons. The van der Waals surface area contributed by atoms with E-state index in [4.69, 9.17) is 5.73 Å². The summed E-state index contributed by atoms with van der Waals surface area (Å²) in [5.74, 6) is -1.81. The molecule has 0 spiro atoms. The molecule has 2 N–H and O–H groups in total. The molecule has 0 saturated carbocycles. The van der Waals surface area contributed by atoms with Gasteiger partial charge in [-0.2, -0.15) is 13.2 Å². The fourth-order valence-corrected chi connectivity index (χ4v) is 4.70. The van der Waals surface area contributed by atoms with Gasteiger partial charge in [-0.25, -0.2) is 13.8 Å². The number of carbonyl (C=O) groups is 1. The Bertz CT molecular complexity index is 1520. The summed E-state index contributed by atoms with van der Waals surface area (Å²) < 4.78 is 67.9. The Kier molecular flexibility index (Phi) is 5.69. The monoisotopic (exact) mass is 510 g/mol. The van der Waals surface area contributed by atoms with Crippen LogP contribution in [-0.4, -0.2) is 15.9 Å². The van der Waals surface area contributed by atoms with Crippen molar-refractivity contribution in [1.82, 2.24) is 9.97 Å². The van der Waals surface area contributed by atoms with Crippen molar-refractivity contribution in [3.63, 3.8) is 0 Å². The lowest BCUT2D eigenvalue weighted by molar-refractivity contribution is -0.137. The molecule has 5 nitrogen and oxygen atoms in total. The number of aromatic nitrogens is 2. The normalized spacial score (nSPS) is 17.2. The predicted molar refractivity (Wildman–Crippen MR) is 128 cm³/mol. The van der Waals surface area contributed by atoms with Crippen LogP contribution >= 0.6 is 0 Å². The molecule has 0 fully saturated rings. The Morgan fingerprint density at radius 3 is 2.32 bits per heavy atom. The topological polar surface area (TPSA) is 72.1 Å². The lowest BCUT2D eigenvalue weighted by Crippen LogP contribution is -2.38. The standard InChI is InChI=1S/C27H19F5N4O/c1-26(12-15-7-19(28)11-20(29)8-15)21-10-17(16-3-2-4-18(9-16)27(30,31)32)5-6-22(21)36(25(26)37)24-14-34-13-23(33)35-24/h2-11,13-14H,12H2,1H3,(H2,33,35). The molecule has 5 rings (SSSR count). The van der Waals surface area contributed by atoms with Gasteiger partial charge in [0.15, 0.2) is 5.82 Å². The Morgan fingerprint density at radius 1 is 0.946 bits per heavy atom. The van der Waals surface area contributed by atoms with Crippen molar-refractivity contribution in [3.8, 4) is 11.1 Å². The number of nitrogen functional groups attached to an aromatic ring is 1. The maximum Gasteiger partial charge on any atom is 0.416 e. The number of alkyl halides is 3. The van der Waals surface area contributed by atoms with Crippen LogP contribution in [0.2, 0.25) is 0 Å². The van der Waals surface area contributed by atoms with Crippen LogP contribution < -0.4 is 10.6 Å². The number of amides is 1. The minimum Gasteiger partial charge on any atom is -0.382 e. The van der Waals surface area contributed by atoms with E-state index in [2.05, 4.69) is 9.97 Å². The molecule has 1 aliphatic heterocycles. The highest BCUT2D eigenvalue weighted by molar-refractivity contribution is 6.12. The largest absolute Gasteiger partial charge is 0.416 e. The molecule has 1 atom stereocenters. The van der Waals surface area contributed by atoms with E-state index in [-0.39, 0.29) is 23.6 Å². The van der Waals surface area contributed by atoms with Crippen molar-refractivity contribution < 1.29 is 26.7 Å². The number of nitrogens with zero attached hydrogens (tertiary/aromatic N) is 3. The van der Waals surface area contributed by atoms with E-state index in [1.807, 2.05) is 0 Å². The number of nitrogens with two attached hydrogens (primary N) is 1. The Labute approximate surface area is 208 Å². The van der Waals surface area contributed by atoms with Crippen LogP contribution in [0.3, 0.4) is 0 Å². The van der Waals surface area contributed by atoms with E-state index in [9.17, 15) is 26.7 Å². The molecular formula is C27H19F5N4O. The lowest BCUT2D eigenvalue weighted by atomic mass is 9.77. The molecular weight excluding hydrogens is 491 g/mol. The Balaban J connectivity index is 1.68. The van der Waals surface area contributed by atoms with Gasteiger partial charge in [-0.05, 0) is 72.0 Å². The molecule has 1 unspecified atom stereocenters. The van der Waals surface area contributed by atoms with Crippen molar-refractivity contribution in [1.29, 1.82) is 0 Å². The number of fused-ring (bicyclic) bond motifs is 1. The van der Waals surface area contributed by atoms with E-state index >= 15 is 0 Å². The molecule has 1 amide bonds. The smallest absolute Gasteiger partial charge is 0.382 e. The van der Waals surface area contributed by atoms with Gasteiger partial charge in [-0.3, -0.25) is 14.7 Å². The average molecular weight is 510 g/mol. The molecule has 2 heterocycles. The third-order valence-electron chi connectivity index (χ3n) is 6.38. The SMILES string of the molecule is CC1(Cc2cc(F)cc(F)c2)C(=O)N(c2cncc(N)n2)c2ccc(-c3cccc(C(F)(F)F)c3)cc21. The van der Waals surface area contributed by atoms with Crippen LogP contribution in [0.15, 0.2) is 73.1 Å². The fourth-order valence-electron chi connectivity index (χ4n) is 4.70. The minimum atomic E-state index is -4.53. The van der Waals surface area contributed by atoms with Crippen LogP contribution in [0.25, 0.3) is 11.1 Å². The Morgan fingerprint density at radius 2 is 1.65 bits per heavy atom. The number of hydrogen-bond donors (Lipinski definition) is 1. The highest BCUT2D eigenvalue weighted by atomic mass is 19.4. The van der Waals surface area contributed by atoms with Crippen LogP contribution in [0.1, 0.15) is 23.6 Å². The van der Waals surface area contributed by atoms with Crippen molar-refractivity contribution in [2.24, 2.45) is 0 Å². The summed E-state index contributed by atoms with van der Waals surface area (Å²) in [6.45, 7) is 1.62. The number of rotatable bonds is 4. The number of hydrogen-bond acceptors (Lipinski definition) is 4. The first-order chi connectivity index (χ1) is 17.5. The Hall–Kier alpha value is -4.34. The summed E-state index contributed by atoms with van der Waals surface area (Å²) in [5, 5.41) is 0. The minimum absolute atomic E-state index is 0.0771. The van der Waals surface area contributed by atoms with Gasteiger partial charge in [0.1, 0.15) is 17.5 Å². The molecule has 1 aromatic heterocycles. The van der Waals surface area contributed by atoms with Crippen LogP contribution in [-0.2, 0) is 22.8 Å². The van der Waals surface area contributed by atoms with Gasteiger partial charge in [0.2, 0.25) is 5.91 Å². The molecule has 0 bridgehead atoms. The van der Waals surface area contributed by atoms with Gasteiger partial charge in [0.05, 0.1) is 29.1 Å². The van der Waals surface area contributed by atoms with E-state index in [1.165, 1.54) is 29.4 Å². The first-order valence-electron chi connectivity index (χ1n) is 11.1. The number of carbonyl (C=O) groups excluding carboxylic acids is 1. The van der Waals surface area contributed by atoms with Gasteiger partial charge in [0.25, 0.3) is 0 Å². The van der Waals surface area contributed by atoms with E-state index in [1.54, 1.807) is 25.1 Å². The summed E-state index contributed by atoms with van der Waals surface area (Å²) in [7, 11) is 0. The van der Waals surface area contributed by atoms with Gasteiger partial charge in [-0.15, -0.1) is 0 Å². The zero-order valence-corrected chi connectivity index (χ0v) is 19.4. The average Bonchev–Trinajstić information content (AvgIpc) is 3.04. The van der Waals surface area contributed by atoms with E-state index in [0.717, 1.165) is 30.3 Å². The van der Waals surface area contributed by atoms with Gasteiger partial charge >= 0.3 is 6.18 Å². The summed E-state index contributed by atoms with van der Waals surface area (Å²) >= 11 is 0. The second-order valence-electron chi connectivity index (χ2n) is 9.04. The predicted octanol–water partition coefficient (Wildman–Crippen LogP) is 6.20. The molecule has 3 aromatic carbocycles. The number of anilines is 3. The first-order valence-corrected chi connectivity index (χ1v) is 11.1. The van der Waals surface area contributed by atoms with Crippen molar-refractivity contribution in [2.75, 3.05) is 10.6 Å². The highest BCUT2D eigenvalue weighted by Crippen LogP contribution is 2.48. The summed E-state index contributed by atoms with van der Waals surface area (Å²) in [6.07, 6.45) is -1.93. The summed E-state index contributed by atoms with van der Waals surface area (Å²) in [4.78, 5) is 23.4. The molecule has 0 aliphatic carbocycles. The third kappa shape index (κ3) is 4.39. The van der Waals surface area contributed by atoms with Crippen molar-refractivity contribution in [3.05, 3.63) is 101 Å². The van der Waals surface area contributed by atoms with Gasteiger partial charge in [-0.1, -0.05) is 18.2 Å². The van der Waals surface area contributed by atoms with Crippen LogP contribution in [0.5, 0.6) is 0 Å². The van der Waals surface area contributed by atoms with Gasteiger partial charge in [0, 0.05) is 6.07 Å². The van der Waals surface area contributed by atoms with Crippen molar-refractivity contribution in [2.45, 2.75) is 24.9 Å². The fraction of sp³-hybridized carbons (Fsp3) is 0.148. The molecule has 0 radical (unpaired) electrons. The molecule has 1 aliphatic rings. The number of benzene rings is 3. The maximum atomic E-state index is 14.0. The van der Waals surface area contributed by atoms with Crippen LogP contribution in [0, 0.1) is 11.6 Å². The zero-order valence-electron chi connectivity index (χ0n) is 19.4. The van der Waals surface area contributed by atoms with E-state index in [0.29, 0.717) is 22.4 Å². The molecule has 0 saturated heterocycles. The summed E-state index contributed by atoms with van der Waals surface area (Å²) in [5.41, 5.74) is 5.49. The maximum absolute atomic E-state index is 14.0. The number of halogens is 5. The second kappa shape index (κ2) is 8.65.